The summed E-state index contributed by atoms with van der Waals surface area (Å²) in [5, 5.41) is 2.66. The molecule has 5 nitrogen and oxygen atoms in total. The van der Waals surface area contributed by atoms with Crippen molar-refractivity contribution < 1.29 is 23.5 Å². The van der Waals surface area contributed by atoms with E-state index in [9.17, 15) is 14.0 Å². The highest BCUT2D eigenvalue weighted by Crippen LogP contribution is 2.18. The Bertz CT molecular complexity index is 751. The van der Waals surface area contributed by atoms with Crippen molar-refractivity contribution in [3.63, 3.8) is 0 Å². The molecule has 0 aliphatic carbocycles. The number of halogens is 2. The molecule has 0 heterocycles. The number of carbonyl (C=O) groups excluding carboxylic acids is 2. The van der Waals surface area contributed by atoms with E-state index in [0.29, 0.717) is 5.75 Å². The van der Waals surface area contributed by atoms with E-state index in [-0.39, 0.29) is 17.1 Å². The molecule has 1 amide bonds. The summed E-state index contributed by atoms with van der Waals surface area (Å²) in [6, 6.07) is 10.5. The Hall–Kier alpha value is -2.60. The lowest BCUT2D eigenvalue weighted by Crippen LogP contribution is -2.28. The summed E-state index contributed by atoms with van der Waals surface area (Å²) in [6.45, 7) is -0.232. The molecule has 0 saturated carbocycles. The van der Waals surface area contributed by atoms with Crippen molar-refractivity contribution >= 4 is 23.5 Å². The van der Waals surface area contributed by atoms with Gasteiger partial charge in [-0.2, -0.15) is 0 Å². The number of amides is 1. The summed E-state index contributed by atoms with van der Waals surface area (Å²) < 4.78 is 23.0. The van der Waals surface area contributed by atoms with Gasteiger partial charge in [-0.05, 0) is 35.9 Å². The van der Waals surface area contributed by atoms with E-state index < -0.39 is 24.3 Å². The molecule has 0 aliphatic heterocycles. The first kappa shape index (κ1) is 17.7. The summed E-state index contributed by atoms with van der Waals surface area (Å²) in [7, 11) is 1.55. The van der Waals surface area contributed by atoms with E-state index in [2.05, 4.69) is 5.32 Å². The Morgan fingerprint density at radius 3 is 2.75 bits per heavy atom. The fraction of sp³-hybridized carbons (Fsp3) is 0.176. The number of esters is 1. The van der Waals surface area contributed by atoms with Gasteiger partial charge in [-0.25, -0.2) is 9.18 Å². The minimum Gasteiger partial charge on any atom is -0.497 e. The molecule has 2 rings (SSSR count). The first-order valence-electron chi connectivity index (χ1n) is 7.01. The van der Waals surface area contributed by atoms with Crippen LogP contribution in [-0.4, -0.2) is 25.6 Å². The summed E-state index contributed by atoms with van der Waals surface area (Å²) in [5.74, 6) is -1.29. The zero-order valence-corrected chi connectivity index (χ0v) is 13.6. The van der Waals surface area contributed by atoms with Crippen LogP contribution in [0.1, 0.15) is 15.9 Å². The average molecular weight is 352 g/mol. The van der Waals surface area contributed by atoms with E-state index in [4.69, 9.17) is 21.1 Å². The lowest BCUT2D eigenvalue weighted by Gasteiger charge is -2.08. The predicted octanol–water partition coefficient (Wildman–Crippen LogP) is 2.96. The number of carbonyl (C=O) groups is 2. The highest BCUT2D eigenvalue weighted by molar-refractivity contribution is 6.33. The van der Waals surface area contributed by atoms with Crippen molar-refractivity contribution in [3.8, 4) is 5.75 Å². The van der Waals surface area contributed by atoms with Gasteiger partial charge in [0.25, 0.3) is 5.91 Å². The Labute approximate surface area is 143 Å². The molecule has 1 N–H and O–H groups in total. The predicted molar refractivity (Wildman–Crippen MR) is 86.5 cm³/mol. The number of hydrogen-bond acceptors (Lipinski definition) is 4. The Morgan fingerprint density at radius 2 is 2.00 bits per heavy atom. The van der Waals surface area contributed by atoms with Gasteiger partial charge in [0.05, 0.1) is 17.7 Å². The summed E-state index contributed by atoms with van der Waals surface area (Å²) >= 11 is 5.80. The van der Waals surface area contributed by atoms with Crippen LogP contribution in [0.25, 0.3) is 0 Å². The lowest BCUT2D eigenvalue weighted by atomic mass is 10.2. The zero-order valence-electron chi connectivity index (χ0n) is 12.8. The van der Waals surface area contributed by atoms with Crippen LogP contribution in [0.15, 0.2) is 42.5 Å². The number of benzene rings is 2. The molecule has 2 aromatic rings. The largest absolute Gasteiger partial charge is 0.497 e. The van der Waals surface area contributed by atoms with Crippen molar-refractivity contribution in [2.45, 2.75) is 6.54 Å². The molecule has 2 aromatic carbocycles. The first-order chi connectivity index (χ1) is 11.5. The molecule has 0 aromatic heterocycles. The molecular weight excluding hydrogens is 337 g/mol. The van der Waals surface area contributed by atoms with E-state index >= 15 is 0 Å². The van der Waals surface area contributed by atoms with E-state index in [1.807, 2.05) is 6.07 Å². The fourth-order valence-electron chi connectivity index (χ4n) is 1.90. The van der Waals surface area contributed by atoms with Crippen LogP contribution in [0.4, 0.5) is 4.39 Å². The second kappa shape index (κ2) is 8.31. The van der Waals surface area contributed by atoms with Crippen LogP contribution in [0.2, 0.25) is 5.02 Å². The second-order valence-electron chi connectivity index (χ2n) is 4.83. The minimum absolute atomic E-state index is 0.0539. The van der Waals surface area contributed by atoms with Gasteiger partial charge in [0.1, 0.15) is 11.6 Å². The number of nitrogens with one attached hydrogen (secondary N) is 1. The molecule has 0 atom stereocenters. The van der Waals surface area contributed by atoms with Gasteiger partial charge in [0.15, 0.2) is 6.61 Å². The van der Waals surface area contributed by atoms with Crippen molar-refractivity contribution in [1.29, 1.82) is 0 Å². The van der Waals surface area contributed by atoms with Gasteiger partial charge in [-0.3, -0.25) is 4.79 Å². The maximum atomic E-state index is 13.1. The summed E-state index contributed by atoms with van der Waals surface area (Å²) in [5.41, 5.74) is 0.708. The molecule has 7 heteroatoms. The Morgan fingerprint density at radius 1 is 1.21 bits per heavy atom. The smallest absolute Gasteiger partial charge is 0.340 e. The molecule has 126 valence electrons. The highest BCUT2D eigenvalue weighted by atomic mass is 35.5. The van der Waals surface area contributed by atoms with E-state index in [1.165, 1.54) is 6.07 Å². The van der Waals surface area contributed by atoms with Crippen LogP contribution in [-0.2, 0) is 16.1 Å². The molecule has 24 heavy (non-hydrogen) atoms. The third kappa shape index (κ3) is 4.96. The van der Waals surface area contributed by atoms with Gasteiger partial charge < -0.3 is 14.8 Å². The van der Waals surface area contributed by atoms with Gasteiger partial charge in [0.2, 0.25) is 0 Å². The van der Waals surface area contributed by atoms with Gasteiger partial charge in [-0.1, -0.05) is 23.7 Å². The van der Waals surface area contributed by atoms with Crippen LogP contribution in [0.3, 0.4) is 0 Å². The molecular formula is C17H15ClFNO4. The van der Waals surface area contributed by atoms with Crippen LogP contribution >= 0.6 is 11.6 Å². The monoisotopic (exact) mass is 351 g/mol. The highest BCUT2D eigenvalue weighted by Gasteiger charge is 2.14. The van der Waals surface area contributed by atoms with Crippen LogP contribution in [0, 0.1) is 5.82 Å². The molecule has 0 saturated heterocycles. The maximum Gasteiger partial charge on any atom is 0.340 e. The quantitative estimate of drug-likeness (QED) is 0.813. The Kier molecular flexibility index (Phi) is 6.14. The van der Waals surface area contributed by atoms with Crippen molar-refractivity contribution in [2.75, 3.05) is 13.7 Å². The van der Waals surface area contributed by atoms with Crippen LogP contribution < -0.4 is 10.1 Å². The zero-order chi connectivity index (χ0) is 17.5. The number of ether oxygens (including phenoxy) is 2. The lowest BCUT2D eigenvalue weighted by molar-refractivity contribution is -0.124. The minimum atomic E-state index is -0.865. The molecule has 0 fully saturated rings. The summed E-state index contributed by atoms with van der Waals surface area (Å²) in [6.07, 6.45) is 0. The normalized spacial score (nSPS) is 10.1. The molecule has 0 radical (unpaired) electrons. The average Bonchev–Trinajstić information content (AvgIpc) is 2.60. The fourth-order valence-corrected chi connectivity index (χ4v) is 2.09. The topological polar surface area (TPSA) is 64.6 Å². The third-order valence-electron chi connectivity index (χ3n) is 3.11. The maximum absolute atomic E-state index is 13.1. The third-order valence-corrected chi connectivity index (χ3v) is 3.44. The molecule has 0 unspecified atom stereocenters. The van der Waals surface area contributed by atoms with E-state index in [0.717, 1.165) is 17.7 Å². The second-order valence-corrected chi connectivity index (χ2v) is 5.24. The van der Waals surface area contributed by atoms with Gasteiger partial charge in [-0.15, -0.1) is 0 Å². The summed E-state index contributed by atoms with van der Waals surface area (Å²) in [4.78, 5) is 23.5. The molecule has 0 spiro atoms. The molecule has 0 aliphatic rings. The van der Waals surface area contributed by atoms with Crippen molar-refractivity contribution in [3.05, 3.63) is 64.4 Å². The number of hydrogen-bond donors (Lipinski definition) is 1. The number of methoxy groups -OCH3 is 1. The first-order valence-corrected chi connectivity index (χ1v) is 7.39. The van der Waals surface area contributed by atoms with Crippen LogP contribution in [0.5, 0.6) is 5.75 Å². The van der Waals surface area contributed by atoms with E-state index in [1.54, 1.807) is 25.3 Å². The van der Waals surface area contributed by atoms with Gasteiger partial charge in [0, 0.05) is 6.54 Å². The standard InChI is InChI=1S/C17H15ClFNO4/c1-23-13-4-2-3-11(7-13)9-20-16(21)10-24-17(22)14-8-12(19)5-6-15(14)18/h2-8H,9-10H2,1H3,(H,20,21). The number of rotatable bonds is 6. The van der Waals surface area contributed by atoms with Crippen molar-refractivity contribution in [2.24, 2.45) is 0 Å². The van der Waals surface area contributed by atoms with Crippen molar-refractivity contribution in [1.82, 2.24) is 5.32 Å². The SMILES string of the molecule is COc1cccc(CNC(=O)COC(=O)c2cc(F)ccc2Cl)c1. The Balaban J connectivity index is 1.84. The van der Waals surface area contributed by atoms with Gasteiger partial charge >= 0.3 is 5.97 Å². The molecule has 0 bridgehead atoms.